The lowest BCUT2D eigenvalue weighted by Crippen LogP contribution is -2.35. The van der Waals surface area contributed by atoms with Crippen molar-refractivity contribution < 1.29 is 4.74 Å². The van der Waals surface area contributed by atoms with Crippen molar-refractivity contribution in [2.75, 3.05) is 20.3 Å². The van der Waals surface area contributed by atoms with Gasteiger partial charge in [-0.3, -0.25) is 4.99 Å². The Morgan fingerprint density at radius 2 is 2.31 bits per heavy atom. The molecule has 0 fully saturated rings. The third-order valence-corrected chi connectivity index (χ3v) is 2.20. The molecule has 3 nitrogen and oxygen atoms in total. The van der Waals surface area contributed by atoms with Gasteiger partial charge in [-0.15, -0.1) is 0 Å². The maximum Gasteiger partial charge on any atom is 0.0965 e. The second kappa shape index (κ2) is 5.97. The van der Waals surface area contributed by atoms with Crippen molar-refractivity contribution in [2.24, 2.45) is 4.99 Å². The zero-order chi connectivity index (χ0) is 9.52. The summed E-state index contributed by atoms with van der Waals surface area (Å²) in [5, 5.41) is 3.38. The molecule has 0 aliphatic carbocycles. The van der Waals surface area contributed by atoms with Gasteiger partial charge in [0.25, 0.3) is 0 Å². The van der Waals surface area contributed by atoms with Gasteiger partial charge in [0.15, 0.2) is 0 Å². The van der Waals surface area contributed by atoms with Crippen LogP contribution < -0.4 is 5.32 Å². The zero-order valence-electron chi connectivity index (χ0n) is 8.68. The van der Waals surface area contributed by atoms with Crippen molar-refractivity contribution >= 4 is 5.84 Å². The smallest absolute Gasteiger partial charge is 0.0965 e. The van der Waals surface area contributed by atoms with Gasteiger partial charge in [-0.05, 0) is 19.8 Å². The van der Waals surface area contributed by atoms with Gasteiger partial charge in [-0.25, -0.2) is 0 Å². The number of nitrogens with one attached hydrogen (secondary N) is 1. The van der Waals surface area contributed by atoms with E-state index in [4.69, 9.17) is 4.74 Å². The van der Waals surface area contributed by atoms with Crippen LogP contribution in [0.5, 0.6) is 0 Å². The number of nitrogens with zero attached hydrogens (tertiary/aromatic N) is 1. The third kappa shape index (κ3) is 4.27. The molecule has 0 amide bonds. The van der Waals surface area contributed by atoms with Crippen LogP contribution in [0.2, 0.25) is 0 Å². The molecule has 1 N–H and O–H groups in total. The number of hydrogen-bond donors (Lipinski definition) is 1. The standard InChI is InChI=1S/C10H20N2O/c1-9(8-13-2)12-10-6-4-3-5-7-11-10/h9H,3-8H2,1-2H3,(H,11,12). The van der Waals surface area contributed by atoms with Crippen molar-refractivity contribution in [1.82, 2.24) is 5.32 Å². The summed E-state index contributed by atoms with van der Waals surface area (Å²) in [6.07, 6.45) is 4.93. The van der Waals surface area contributed by atoms with Crippen molar-refractivity contribution in [3.8, 4) is 0 Å². The van der Waals surface area contributed by atoms with Crippen LogP contribution in [0.3, 0.4) is 0 Å². The Morgan fingerprint density at radius 3 is 3.08 bits per heavy atom. The number of amidine groups is 1. The van der Waals surface area contributed by atoms with E-state index in [9.17, 15) is 0 Å². The summed E-state index contributed by atoms with van der Waals surface area (Å²) in [5.41, 5.74) is 0. The van der Waals surface area contributed by atoms with Gasteiger partial charge in [-0.2, -0.15) is 0 Å². The SMILES string of the molecule is COCC(C)NC1=NCCCCC1. The molecule has 13 heavy (non-hydrogen) atoms. The van der Waals surface area contributed by atoms with E-state index < -0.39 is 0 Å². The van der Waals surface area contributed by atoms with E-state index >= 15 is 0 Å². The Kier molecular flexibility index (Phi) is 4.83. The second-order valence-electron chi connectivity index (χ2n) is 3.64. The van der Waals surface area contributed by atoms with Gasteiger partial charge < -0.3 is 10.1 Å². The van der Waals surface area contributed by atoms with Crippen molar-refractivity contribution in [1.29, 1.82) is 0 Å². The molecular formula is C10H20N2O. The third-order valence-electron chi connectivity index (χ3n) is 2.20. The first-order chi connectivity index (χ1) is 6.33. The zero-order valence-corrected chi connectivity index (χ0v) is 8.68. The number of ether oxygens (including phenoxy) is 1. The first-order valence-electron chi connectivity index (χ1n) is 5.11. The Labute approximate surface area is 80.6 Å². The van der Waals surface area contributed by atoms with E-state index in [2.05, 4.69) is 17.2 Å². The maximum atomic E-state index is 5.06. The topological polar surface area (TPSA) is 33.6 Å². The van der Waals surface area contributed by atoms with Gasteiger partial charge in [-0.1, -0.05) is 6.42 Å². The lowest BCUT2D eigenvalue weighted by atomic mass is 10.2. The lowest BCUT2D eigenvalue weighted by molar-refractivity contribution is 0.179. The van der Waals surface area contributed by atoms with Crippen LogP contribution in [0.25, 0.3) is 0 Å². The summed E-state index contributed by atoms with van der Waals surface area (Å²) in [7, 11) is 1.73. The molecule has 0 bridgehead atoms. The van der Waals surface area contributed by atoms with Crippen molar-refractivity contribution in [3.63, 3.8) is 0 Å². The highest BCUT2D eigenvalue weighted by atomic mass is 16.5. The fourth-order valence-electron chi connectivity index (χ4n) is 1.57. The normalized spacial score (nSPS) is 20.3. The van der Waals surface area contributed by atoms with Crippen LogP contribution in [0.1, 0.15) is 32.6 Å². The average Bonchev–Trinajstić information content (AvgIpc) is 2.33. The highest BCUT2D eigenvalue weighted by Crippen LogP contribution is 2.06. The first kappa shape index (κ1) is 10.5. The Bertz CT molecular complexity index is 168. The monoisotopic (exact) mass is 184 g/mol. The lowest BCUT2D eigenvalue weighted by Gasteiger charge is -2.15. The van der Waals surface area contributed by atoms with Gasteiger partial charge in [0.2, 0.25) is 0 Å². The first-order valence-corrected chi connectivity index (χ1v) is 5.11. The van der Waals surface area contributed by atoms with Crippen LogP contribution in [0, 0.1) is 0 Å². The van der Waals surface area contributed by atoms with E-state index in [1.807, 2.05) is 0 Å². The van der Waals surface area contributed by atoms with Gasteiger partial charge >= 0.3 is 0 Å². The summed E-state index contributed by atoms with van der Waals surface area (Å²) < 4.78 is 5.06. The molecule has 3 heteroatoms. The minimum atomic E-state index is 0.377. The van der Waals surface area contributed by atoms with E-state index in [0.717, 1.165) is 19.6 Å². The van der Waals surface area contributed by atoms with Crippen LogP contribution in [0.4, 0.5) is 0 Å². The molecule has 0 spiro atoms. The summed E-state index contributed by atoms with van der Waals surface area (Å²) in [5.74, 6) is 1.17. The van der Waals surface area contributed by atoms with Crippen LogP contribution in [-0.4, -0.2) is 32.1 Å². The summed E-state index contributed by atoms with van der Waals surface area (Å²) in [6, 6.07) is 0.377. The molecular weight excluding hydrogens is 164 g/mol. The molecule has 0 aromatic heterocycles. The largest absolute Gasteiger partial charge is 0.383 e. The number of hydrogen-bond acceptors (Lipinski definition) is 3. The van der Waals surface area contributed by atoms with E-state index in [-0.39, 0.29) is 0 Å². The molecule has 76 valence electrons. The van der Waals surface area contributed by atoms with Gasteiger partial charge in [0.1, 0.15) is 0 Å². The molecule has 0 aromatic rings. The quantitative estimate of drug-likeness (QED) is 0.722. The Hall–Kier alpha value is -0.570. The van der Waals surface area contributed by atoms with E-state index in [1.165, 1.54) is 25.1 Å². The molecule has 0 aromatic carbocycles. The van der Waals surface area contributed by atoms with Gasteiger partial charge in [0, 0.05) is 26.1 Å². The van der Waals surface area contributed by atoms with E-state index in [1.54, 1.807) is 7.11 Å². The molecule has 1 heterocycles. The molecule has 1 unspecified atom stereocenters. The fourth-order valence-corrected chi connectivity index (χ4v) is 1.57. The Balaban J connectivity index is 2.28. The summed E-state index contributed by atoms with van der Waals surface area (Å²) in [4.78, 5) is 4.50. The second-order valence-corrected chi connectivity index (χ2v) is 3.64. The molecule has 1 rings (SSSR count). The highest BCUT2D eigenvalue weighted by Gasteiger charge is 2.07. The highest BCUT2D eigenvalue weighted by molar-refractivity contribution is 5.82. The predicted molar refractivity (Wildman–Crippen MR) is 55.2 cm³/mol. The number of rotatable bonds is 3. The average molecular weight is 184 g/mol. The van der Waals surface area contributed by atoms with Crippen molar-refractivity contribution in [2.45, 2.75) is 38.6 Å². The molecule has 1 aliphatic heterocycles. The van der Waals surface area contributed by atoms with Crippen LogP contribution >= 0.6 is 0 Å². The molecule has 0 saturated heterocycles. The van der Waals surface area contributed by atoms with E-state index in [0.29, 0.717) is 6.04 Å². The molecule has 0 saturated carbocycles. The predicted octanol–water partition coefficient (Wildman–Crippen LogP) is 1.58. The van der Waals surface area contributed by atoms with Crippen molar-refractivity contribution in [3.05, 3.63) is 0 Å². The minimum absolute atomic E-state index is 0.377. The summed E-state index contributed by atoms with van der Waals surface area (Å²) in [6.45, 7) is 3.86. The van der Waals surface area contributed by atoms with Gasteiger partial charge in [0.05, 0.1) is 12.4 Å². The van der Waals surface area contributed by atoms with Crippen LogP contribution in [-0.2, 0) is 4.74 Å². The minimum Gasteiger partial charge on any atom is -0.383 e. The Morgan fingerprint density at radius 1 is 1.46 bits per heavy atom. The molecule has 1 atom stereocenters. The maximum absolute atomic E-state index is 5.06. The molecule has 1 aliphatic rings. The fraction of sp³-hybridized carbons (Fsp3) is 0.900. The number of aliphatic imine (C=N–C) groups is 1. The van der Waals surface area contributed by atoms with Crippen LogP contribution in [0.15, 0.2) is 4.99 Å². The summed E-state index contributed by atoms with van der Waals surface area (Å²) >= 11 is 0. The molecule has 0 radical (unpaired) electrons. The number of methoxy groups -OCH3 is 1.